The molecule has 1 aliphatic rings. The van der Waals surface area contributed by atoms with Gasteiger partial charge in [-0.3, -0.25) is 9.48 Å². The number of fused-ring (bicyclic) bond motifs is 1. The molecule has 18 heavy (non-hydrogen) atoms. The van der Waals surface area contributed by atoms with Gasteiger partial charge in [-0.15, -0.1) is 0 Å². The largest absolute Gasteiger partial charge is 0.271 e. The van der Waals surface area contributed by atoms with Gasteiger partial charge in [0, 0.05) is 17.3 Å². The zero-order chi connectivity index (χ0) is 12.5. The van der Waals surface area contributed by atoms with Gasteiger partial charge in [-0.1, -0.05) is 43.7 Å². The maximum Gasteiger partial charge on any atom is 0.271 e. The first-order chi connectivity index (χ1) is 8.81. The first-order valence-corrected chi connectivity index (χ1v) is 6.17. The summed E-state index contributed by atoms with van der Waals surface area (Å²) in [6.07, 6.45) is 3.78. The Balaban J connectivity index is 2.09. The van der Waals surface area contributed by atoms with E-state index in [4.69, 9.17) is 0 Å². The number of allylic oxidation sites excluding steroid dienone is 1. The summed E-state index contributed by atoms with van der Waals surface area (Å²) in [6.45, 7) is 5.25. The van der Waals surface area contributed by atoms with E-state index in [0.717, 1.165) is 29.8 Å². The van der Waals surface area contributed by atoms with Crippen LogP contribution in [-0.4, -0.2) is 9.36 Å². The topological polar surface area (TPSA) is 26.9 Å². The zero-order valence-corrected chi connectivity index (χ0v) is 10.3. The smallest absolute Gasteiger partial charge is 0.267 e. The number of nitrogens with zero attached hydrogens (tertiary/aromatic N) is 2. The van der Waals surface area contributed by atoms with Gasteiger partial charge >= 0.3 is 0 Å². The second-order valence-corrected chi connectivity index (χ2v) is 4.37. The first-order valence-electron chi connectivity index (χ1n) is 6.17. The van der Waals surface area contributed by atoms with E-state index in [1.54, 1.807) is 10.7 Å². The van der Waals surface area contributed by atoms with Gasteiger partial charge in [0.1, 0.15) is 6.54 Å². The van der Waals surface area contributed by atoms with E-state index in [2.05, 4.69) is 13.5 Å². The van der Waals surface area contributed by atoms with Crippen molar-refractivity contribution in [2.75, 3.05) is 0 Å². The van der Waals surface area contributed by atoms with E-state index >= 15 is 0 Å². The average Bonchev–Trinajstić information content (AvgIpc) is 2.94. The molecule has 3 heteroatoms. The summed E-state index contributed by atoms with van der Waals surface area (Å²) in [6, 6.07) is 11.6. The van der Waals surface area contributed by atoms with Gasteiger partial charge in [0.05, 0.1) is 5.70 Å². The lowest BCUT2D eigenvalue weighted by molar-refractivity contribution is 0.688. The minimum Gasteiger partial charge on any atom is -0.267 e. The summed E-state index contributed by atoms with van der Waals surface area (Å²) in [7, 11) is 0. The van der Waals surface area contributed by atoms with E-state index in [9.17, 15) is 4.79 Å². The van der Waals surface area contributed by atoms with Crippen LogP contribution in [0.25, 0.3) is 5.70 Å². The molecule has 1 aliphatic heterocycles. The van der Waals surface area contributed by atoms with Crippen molar-refractivity contribution in [1.29, 1.82) is 0 Å². The van der Waals surface area contributed by atoms with Gasteiger partial charge in [0.2, 0.25) is 0 Å². The van der Waals surface area contributed by atoms with Crippen molar-refractivity contribution in [2.24, 2.45) is 0 Å². The Morgan fingerprint density at radius 2 is 2.00 bits per heavy atom. The van der Waals surface area contributed by atoms with Crippen molar-refractivity contribution in [1.82, 2.24) is 9.36 Å². The number of benzene rings is 1. The first kappa shape index (κ1) is 11.1. The lowest BCUT2D eigenvalue weighted by atomic mass is 10.1. The minimum absolute atomic E-state index is 0.0125. The molecular weight excluding hydrogens is 224 g/mol. The Labute approximate surface area is 106 Å². The number of aryl methyl sites for hydroxylation is 1. The van der Waals surface area contributed by atoms with Crippen LogP contribution in [0.1, 0.15) is 24.6 Å². The van der Waals surface area contributed by atoms with Crippen LogP contribution in [0.15, 0.2) is 47.3 Å². The molecule has 0 saturated heterocycles. The lowest BCUT2D eigenvalue weighted by Gasteiger charge is -2.07. The van der Waals surface area contributed by atoms with Gasteiger partial charge in [0.25, 0.3) is 5.56 Å². The molecule has 2 heterocycles. The van der Waals surface area contributed by atoms with Crippen molar-refractivity contribution < 1.29 is 0 Å². The molecular formula is C15H14N2O. The highest BCUT2D eigenvalue weighted by atomic mass is 16.1. The fourth-order valence-corrected chi connectivity index (χ4v) is 2.29. The summed E-state index contributed by atoms with van der Waals surface area (Å²) in [5.41, 5.74) is 2.96. The van der Waals surface area contributed by atoms with E-state index in [1.807, 2.05) is 41.1 Å². The molecule has 0 aliphatic carbocycles. The molecule has 2 radical (unpaired) electrons. The van der Waals surface area contributed by atoms with Crippen molar-refractivity contribution in [3.8, 4) is 0 Å². The Morgan fingerprint density at radius 1 is 1.22 bits per heavy atom. The van der Waals surface area contributed by atoms with Crippen LogP contribution in [0.5, 0.6) is 0 Å². The van der Waals surface area contributed by atoms with Crippen molar-refractivity contribution in [3.05, 3.63) is 70.6 Å². The molecule has 0 unspecified atom stereocenters. The van der Waals surface area contributed by atoms with Crippen molar-refractivity contribution in [2.45, 2.75) is 19.8 Å². The molecule has 3 rings (SSSR count). The average molecular weight is 238 g/mol. The Bertz CT molecular complexity index is 647. The Morgan fingerprint density at radius 3 is 2.72 bits per heavy atom. The SMILES string of the molecule is CCCc1cc(=O)n2n1[C]C=C2c1ccccc1. The van der Waals surface area contributed by atoms with E-state index < -0.39 is 0 Å². The van der Waals surface area contributed by atoms with Crippen LogP contribution in [0, 0.1) is 6.54 Å². The summed E-state index contributed by atoms with van der Waals surface area (Å²) < 4.78 is 3.51. The predicted octanol–water partition coefficient (Wildman–Crippen LogP) is 2.39. The fourth-order valence-electron chi connectivity index (χ4n) is 2.29. The third kappa shape index (κ3) is 1.63. The molecule has 0 atom stereocenters. The number of aromatic nitrogens is 2. The number of rotatable bonds is 3. The molecule has 1 aromatic heterocycles. The lowest BCUT2D eigenvalue weighted by Crippen LogP contribution is -2.17. The zero-order valence-electron chi connectivity index (χ0n) is 10.3. The monoisotopic (exact) mass is 238 g/mol. The van der Waals surface area contributed by atoms with Crippen LogP contribution >= 0.6 is 0 Å². The molecule has 3 nitrogen and oxygen atoms in total. The summed E-state index contributed by atoms with van der Waals surface area (Å²) in [5, 5.41) is 0. The molecule has 0 amide bonds. The van der Waals surface area contributed by atoms with Crippen LogP contribution in [0.3, 0.4) is 0 Å². The molecule has 0 bridgehead atoms. The minimum atomic E-state index is 0.0125. The molecule has 1 aromatic carbocycles. The highest BCUT2D eigenvalue weighted by molar-refractivity contribution is 5.68. The van der Waals surface area contributed by atoms with Crippen LogP contribution in [0.4, 0.5) is 0 Å². The summed E-state index contributed by atoms with van der Waals surface area (Å²) >= 11 is 0. The maximum absolute atomic E-state index is 12.1. The molecule has 0 spiro atoms. The van der Waals surface area contributed by atoms with Gasteiger partial charge < -0.3 is 0 Å². The number of hydrogen-bond acceptors (Lipinski definition) is 1. The second-order valence-electron chi connectivity index (χ2n) is 4.37. The van der Waals surface area contributed by atoms with E-state index in [-0.39, 0.29) is 5.56 Å². The third-order valence-corrected chi connectivity index (χ3v) is 3.10. The molecule has 0 N–H and O–H groups in total. The van der Waals surface area contributed by atoms with Crippen LogP contribution < -0.4 is 5.56 Å². The third-order valence-electron chi connectivity index (χ3n) is 3.10. The number of hydrogen-bond donors (Lipinski definition) is 0. The van der Waals surface area contributed by atoms with Gasteiger partial charge in [-0.2, -0.15) is 0 Å². The highest BCUT2D eigenvalue weighted by Crippen LogP contribution is 2.22. The molecule has 2 aromatic rings. The van der Waals surface area contributed by atoms with Gasteiger partial charge in [0.15, 0.2) is 0 Å². The summed E-state index contributed by atoms with van der Waals surface area (Å²) in [5.74, 6) is 0. The van der Waals surface area contributed by atoms with Crippen LogP contribution in [0.2, 0.25) is 0 Å². The van der Waals surface area contributed by atoms with Gasteiger partial charge in [-0.25, -0.2) is 4.68 Å². The second kappa shape index (κ2) is 4.33. The summed E-state index contributed by atoms with van der Waals surface area (Å²) in [4.78, 5) is 12.1. The molecule has 0 saturated carbocycles. The molecule has 0 fully saturated rings. The Hall–Kier alpha value is -2.03. The highest BCUT2D eigenvalue weighted by Gasteiger charge is 2.20. The quantitative estimate of drug-likeness (QED) is 0.806. The van der Waals surface area contributed by atoms with E-state index in [1.165, 1.54) is 0 Å². The standard InChI is InChI=1S/C15H14N2O/c1-2-6-13-11-15(18)17-14(9-10-16(13)17)12-7-4-3-5-8-12/h3-5,7-9,11H,2,6H2,1H3. The maximum atomic E-state index is 12.1. The van der Waals surface area contributed by atoms with Crippen molar-refractivity contribution in [3.63, 3.8) is 0 Å². The van der Waals surface area contributed by atoms with E-state index in [0.29, 0.717) is 0 Å². The predicted molar refractivity (Wildman–Crippen MR) is 71.1 cm³/mol. The fraction of sp³-hybridized carbons (Fsp3) is 0.200. The Kier molecular flexibility index (Phi) is 2.67. The van der Waals surface area contributed by atoms with Crippen LogP contribution in [-0.2, 0) is 6.42 Å². The van der Waals surface area contributed by atoms with Crippen molar-refractivity contribution >= 4 is 5.70 Å². The van der Waals surface area contributed by atoms with Gasteiger partial charge in [-0.05, 0) is 12.5 Å². The normalized spacial score (nSPS) is 13.5. The molecule has 90 valence electrons.